The van der Waals surface area contributed by atoms with Gasteiger partial charge in [-0.3, -0.25) is 14.5 Å². The maximum Gasteiger partial charge on any atom is 0.233 e. The molecule has 0 aliphatic carbocycles. The molecule has 4 nitrogen and oxygen atoms in total. The third-order valence-electron chi connectivity index (χ3n) is 4.11. The number of benzene rings is 1. The lowest BCUT2D eigenvalue weighted by Gasteiger charge is -2.30. The monoisotopic (exact) mass is 272 g/mol. The van der Waals surface area contributed by atoms with Gasteiger partial charge in [0.1, 0.15) is 0 Å². The molecular formula is C16H20N2O2. The van der Waals surface area contributed by atoms with Gasteiger partial charge in [0.2, 0.25) is 11.8 Å². The summed E-state index contributed by atoms with van der Waals surface area (Å²) in [5.74, 6) is -0.154. The predicted octanol–water partition coefficient (Wildman–Crippen LogP) is 2.72. The normalized spacial score (nSPS) is 20.4. The van der Waals surface area contributed by atoms with E-state index in [9.17, 15) is 9.59 Å². The van der Waals surface area contributed by atoms with E-state index >= 15 is 0 Å². The van der Waals surface area contributed by atoms with Gasteiger partial charge in [0, 0.05) is 31.6 Å². The largest absolute Gasteiger partial charge is 0.372 e. The lowest BCUT2D eigenvalue weighted by Crippen LogP contribution is -2.40. The van der Waals surface area contributed by atoms with Crippen molar-refractivity contribution < 1.29 is 9.59 Å². The lowest BCUT2D eigenvalue weighted by molar-refractivity contribution is -0.129. The Labute approximate surface area is 119 Å². The number of carbonyl (C=O) groups excluding carboxylic acids is 2. The van der Waals surface area contributed by atoms with Crippen LogP contribution in [0.3, 0.4) is 0 Å². The fourth-order valence-corrected chi connectivity index (χ4v) is 3.01. The third-order valence-corrected chi connectivity index (χ3v) is 4.11. The molecule has 2 saturated heterocycles. The Hall–Kier alpha value is -1.84. The molecule has 2 fully saturated rings. The van der Waals surface area contributed by atoms with Crippen molar-refractivity contribution in [1.82, 2.24) is 0 Å². The van der Waals surface area contributed by atoms with Gasteiger partial charge >= 0.3 is 0 Å². The molecule has 0 spiro atoms. The number of nitrogens with zero attached hydrogens (tertiary/aromatic N) is 2. The van der Waals surface area contributed by atoms with Crippen LogP contribution in [-0.4, -0.2) is 24.9 Å². The van der Waals surface area contributed by atoms with Gasteiger partial charge in [-0.2, -0.15) is 0 Å². The first-order valence-electron chi connectivity index (χ1n) is 7.46. The second kappa shape index (κ2) is 5.65. The lowest BCUT2D eigenvalue weighted by atomic mass is 10.1. The van der Waals surface area contributed by atoms with E-state index in [1.807, 2.05) is 24.3 Å². The van der Waals surface area contributed by atoms with Crippen LogP contribution in [0.2, 0.25) is 0 Å². The molecular weight excluding hydrogens is 252 g/mol. The van der Waals surface area contributed by atoms with Gasteiger partial charge in [-0.1, -0.05) is 0 Å². The average Bonchev–Trinajstić information content (AvgIpc) is 2.49. The molecule has 2 aliphatic heterocycles. The first kappa shape index (κ1) is 13.2. The van der Waals surface area contributed by atoms with Gasteiger partial charge in [0.05, 0.1) is 5.69 Å². The second-order valence-corrected chi connectivity index (χ2v) is 5.54. The number of anilines is 2. The van der Waals surface area contributed by atoms with E-state index in [1.54, 1.807) is 0 Å². The van der Waals surface area contributed by atoms with E-state index in [-0.39, 0.29) is 11.8 Å². The standard InChI is InChI=1S/C16H20N2O2/c19-15-5-4-6-16(20)18(15)14-9-7-13(8-10-14)17-11-2-1-3-12-17/h7-10H,1-6,11-12H2. The molecule has 3 rings (SSSR count). The zero-order chi connectivity index (χ0) is 13.9. The fraction of sp³-hybridized carbons (Fsp3) is 0.500. The first-order chi connectivity index (χ1) is 9.75. The summed E-state index contributed by atoms with van der Waals surface area (Å²) in [5, 5.41) is 0. The summed E-state index contributed by atoms with van der Waals surface area (Å²) < 4.78 is 0. The highest BCUT2D eigenvalue weighted by molar-refractivity contribution is 6.16. The summed E-state index contributed by atoms with van der Waals surface area (Å²) in [6.45, 7) is 2.20. The number of hydrogen-bond donors (Lipinski definition) is 0. The predicted molar refractivity (Wildman–Crippen MR) is 78.9 cm³/mol. The smallest absolute Gasteiger partial charge is 0.233 e. The zero-order valence-corrected chi connectivity index (χ0v) is 11.7. The Kier molecular flexibility index (Phi) is 3.72. The van der Waals surface area contributed by atoms with Crippen LogP contribution in [0.4, 0.5) is 11.4 Å². The van der Waals surface area contributed by atoms with Gasteiger partial charge in [0.15, 0.2) is 0 Å². The third kappa shape index (κ3) is 2.55. The van der Waals surface area contributed by atoms with Crippen molar-refractivity contribution in [3.8, 4) is 0 Å². The molecule has 0 radical (unpaired) electrons. The van der Waals surface area contributed by atoms with Crippen LogP contribution in [0.1, 0.15) is 38.5 Å². The minimum atomic E-state index is -0.0769. The van der Waals surface area contributed by atoms with E-state index < -0.39 is 0 Å². The van der Waals surface area contributed by atoms with E-state index in [0.29, 0.717) is 24.9 Å². The summed E-state index contributed by atoms with van der Waals surface area (Å²) in [7, 11) is 0. The molecule has 0 atom stereocenters. The summed E-state index contributed by atoms with van der Waals surface area (Å²) in [6.07, 6.45) is 5.42. The Morgan fingerprint density at radius 3 is 1.85 bits per heavy atom. The number of piperidine rings is 2. The van der Waals surface area contributed by atoms with Gasteiger partial charge in [-0.25, -0.2) is 0 Å². The van der Waals surface area contributed by atoms with Crippen LogP contribution in [0.15, 0.2) is 24.3 Å². The van der Waals surface area contributed by atoms with Crippen LogP contribution in [0, 0.1) is 0 Å². The molecule has 2 aliphatic rings. The number of rotatable bonds is 2. The van der Waals surface area contributed by atoms with Gasteiger partial charge < -0.3 is 4.90 Å². The number of imide groups is 1. The molecule has 0 saturated carbocycles. The van der Waals surface area contributed by atoms with Gasteiger partial charge in [0.25, 0.3) is 0 Å². The molecule has 20 heavy (non-hydrogen) atoms. The summed E-state index contributed by atoms with van der Waals surface area (Å²) in [5.41, 5.74) is 1.89. The Morgan fingerprint density at radius 1 is 0.700 bits per heavy atom. The van der Waals surface area contributed by atoms with Gasteiger partial charge in [-0.15, -0.1) is 0 Å². The van der Waals surface area contributed by atoms with Crippen molar-refractivity contribution in [3.63, 3.8) is 0 Å². The molecule has 4 heteroatoms. The summed E-state index contributed by atoms with van der Waals surface area (Å²) in [6, 6.07) is 7.84. The maximum absolute atomic E-state index is 11.9. The first-order valence-corrected chi connectivity index (χ1v) is 7.46. The van der Waals surface area contributed by atoms with Crippen molar-refractivity contribution in [2.24, 2.45) is 0 Å². The van der Waals surface area contributed by atoms with Crippen LogP contribution in [0.5, 0.6) is 0 Å². The summed E-state index contributed by atoms with van der Waals surface area (Å²) >= 11 is 0. The molecule has 0 bridgehead atoms. The molecule has 0 N–H and O–H groups in total. The highest BCUT2D eigenvalue weighted by Gasteiger charge is 2.27. The zero-order valence-electron chi connectivity index (χ0n) is 11.7. The minimum Gasteiger partial charge on any atom is -0.372 e. The Balaban J connectivity index is 1.78. The minimum absolute atomic E-state index is 0.0769. The molecule has 1 aromatic carbocycles. The van der Waals surface area contributed by atoms with Crippen LogP contribution >= 0.6 is 0 Å². The highest BCUT2D eigenvalue weighted by Crippen LogP contribution is 2.26. The van der Waals surface area contributed by atoms with Crippen molar-refractivity contribution in [1.29, 1.82) is 0 Å². The quantitative estimate of drug-likeness (QED) is 0.777. The Bertz CT molecular complexity index is 488. The average molecular weight is 272 g/mol. The van der Waals surface area contributed by atoms with Crippen molar-refractivity contribution in [2.45, 2.75) is 38.5 Å². The molecule has 2 amide bonds. The molecule has 0 aromatic heterocycles. The van der Waals surface area contributed by atoms with E-state index in [2.05, 4.69) is 4.90 Å². The van der Waals surface area contributed by atoms with Crippen LogP contribution in [0.25, 0.3) is 0 Å². The number of amides is 2. The fourth-order valence-electron chi connectivity index (χ4n) is 3.01. The molecule has 2 heterocycles. The van der Waals surface area contributed by atoms with Gasteiger partial charge in [-0.05, 0) is 49.9 Å². The highest BCUT2D eigenvalue weighted by atomic mass is 16.2. The van der Waals surface area contributed by atoms with E-state index in [4.69, 9.17) is 0 Å². The van der Waals surface area contributed by atoms with E-state index in [0.717, 1.165) is 13.1 Å². The van der Waals surface area contributed by atoms with Crippen molar-refractivity contribution >= 4 is 23.2 Å². The number of hydrogen-bond acceptors (Lipinski definition) is 3. The number of carbonyl (C=O) groups is 2. The SMILES string of the molecule is O=C1CCCC(=O)N1c1ccc(N2CCCCC2)cc1. The van der Waals surface area contributed by atoms with E-state index in [1.165, 1.54) is 29.8 Å². The summed E-state index contributed by atoms with van der Waals surface area (Å²) in [4.78, 5) is 27.5. The Morgan fingerprint density at radius 2 is 1.25 bits per heavy atom. The topological polar surface area (TPSA) is 40.6 Å². The van der Waals surface area contributed by atoms with Crippen LogP contribution < -0.4 is 9.80 Å². The van der Waals surface area contributed by atoms with Crippen molar-refractivity contribution in [2.75, 3.05) is 22.9 Å². The maximum atomic E-state index is 11.9. The second-order valence-electron chi connectivity index (χ2n) is 5.54. The van der Waals surface area contributed by atoms with Crippen LogP contribution in [-0.2, 0) is 9.59 Å². The molecule has 106 valence electrons. The molecule has 1 aromatic rings. The molecule has 0 unspecified atom stereocenters. The van der Waals surface area contributed by atoms with Crippen molar-refractivity contribution in [3.05, 3.63) is 24.3 Å².